The van der Waals surface area contributed by atoms with Crippen LogP contribution in [0.2, 0.25) is 0 Å². The highest BCUT2D eigenvalue weighted by Crippen LogP contribution is 2.26. The molecule has 0 bridgehead atoms. The van der Waals surface area contributed by atoms with Crippen LogP contribution in [0.15, 0.2) is 34.9 Å². The molecule has 0 fully saturated rings. The minimum absolute atomic E-state index is 0.0334. The quantitative estimate of drug-likeness (QED) is 0.520. The van der Waals surface area contributed by atoms with Crippen LogP contribution in [-0.2, 0) is 0 Å². The van der Waals surface area contributed by atoms with Gasteiger partial charge in [-0.2, -0.15) is 0 Å². The first-order valence-electron chi connectivity index (χ1n) is 6.08. The van der Waals surface area contributed by atoms with Gasteiger partial charge in [-0.3, -0.25) is 14.9 Å². The Kier molecular flexibility index (Phi) is 4.32. The number of pyridine rings is 1. The van der Waals surface area contributed by atoms with Gasteiger partial charge >= 0.3 is 0 Å². The number of nitro benzene ring substituents is 1. The van der Waals surface area contributed by atoms with Crippen LogP contribution in [0.3, 0.4) is 0 Å². The summed E-state index contributed by atoms with van der Waals surface area (Å²) in [7, 11) is 0. The van der Waals surface area contributed by atoms with Gasteiger partial charge in [-0.25, -0.2) is 4.98 Å². The number of aromatic nitrogens is 1. The van der Waals surface area contributed by atoms with E-state index in [4.69, 9.17) is 0 Å². The van der Waals surface area contributed by atoms with Crippen LogP contribution in [-0.4, -0.2) is 15.8 Å². The second-order valence-electron chi connectivity index (χ2n) is 4.51. The second kappa shape index (κ2) is 6.01. The van der Waals surface area contributed by atoms with Crippen LogP contribution in [0.4, 0.5) is 11.4 Å². The maximum atomic E-state index is 12.1. The molecule has 21 heavy (non-hydrogen) atoms. The summed E-state index contributed by atoms with van der Waals surface area (Å²) in [5.41, 5.74) is 1.94. The lowest BCUT2D eigenvalue weighted by molar-refractivity contribution is -0.385. The normalized spacial score (nSPS) is 10.2. The molecule has 0 saturated carbocycles. The number of benzene rings is 1. The van der Waals surface area contributed by atoms with Crippen molar-refractivity contribution in [3.8, 4) is 0 Å². The molecule has 0 aliphatic carbocycles. The van der Waals surface area contributed by atoms with Gasteiger partial charge in [0.2, 0.25) is 0 Å². The van der Waals surface area contributed by atoms with Gasteiger partial charge in [0, 0.05) is 17.3 Å². The van der Waals surface area contributed by atoms with Crippen molar-refractivity contribution in [2.75, 3.05) is 5.32 Å². The Labute approximate surface area is 129 Å². The molecule has 0 spiro atoms. The number of nitrogens with one attached hydrogen (secondary N) is 1. The number of hydrogen-bond acceptors (Lipinski definition) is 4. The third-order valence-electron chi connectivity index (χ3n) is 2.94. The van der Waals surface area contributed by atoms with Crippen LogP contribution in [0.1, 0.15) is 21.6 Å². The summed E-state index contributed by atoms with van der Waals surface area (Å²) in [4.78, 5) is 26.6. The molecule has 1 aromatic heterocycles. The maximum absolute atomic E-state index is 12.1. The van der Waals surface area contributed by atoms with Crippen molar-refractivity contribution >= 4 is 33.2 Å². The van der Waals surface area contributed by atoms with E-state index in [1.54, 1.807) is 38.1 Å². The minimum atomic E-state index is -0.441. The van der Waals surface area contributed by atoms with Gasteiger partial charge < -0.3 is 5.32 Å². The molecule has 108 valence electrons. The fourth-order valence-corrected chi connectivity index (χ4v) is 2.20. The van der Waals surface area contributed by atoms with E-state index in [0.29, 0.717) is 21.4 Å². The number of amides is 1. The molecule has 2 aromatic rings. The number of aryl methyl sites for hydroxylation is 2. The highest BCUT2D eigenvalue weighted by atomic mass is 79.9. The zero-order valence-electron chi connectivity index (χ0n) is 11.4. The fraction of sp³-hybridized carbons (Fsp3) is 0.143. The lowest BCUT2D eigenvalue weighted by Crippen LogP contribution is -2.14. The van der Waals surface area contributed by atoms with E-state index in [1.807, 2.05) is 0 Å². The molecule has 2 rings (SSSR count). The molecule has 0 atom stereocenters. The van der Waals surface area contributed by atoms with E-state index in [9.17, 15) is 14.9 Å². The summed E-state index contributed by atoms with van der Waals surface area (Å²) in [6.45, 7) is 3.33. The number of carbonyl (C=O) groups is 1. The third kappa shape index (κ3) is 3.43. The summed E-state index contributed by atoms with van der Waals surface area (Å²) in [5, 5.41) is 13.6. The molecule has 1 aromatic carbocycles. The smallest absolute Gasteiger partial charge is 0.274 e. The zero-order chi connectivity index (χ0) is 15.6. The largest absolute Gasteiger partial charge is 0.320 e. The number of anilines is 1. The van der Waals surface area contributed by atoms with Gasteiger partial charge in [0.15, 0.2) is 0 Å². The van der Waals surface area contributed by atoms with Crippen molar-refractivity contribution in [1.82, 2.24) is 4.98 Å². The molecule has 0 radical (unpaired) electrons. The van der Waals surface area contributed by atoms with Gasteiger partial charge in [-0.05, 0) is 53.5 Å². The molecule has 0 saturated heterocycles. The first-order valence-corrected chi connectivity index (χ1v) is 6.87. The summed E-state index contributed by atoms with van der Waals surface area (Å²) in [6.07, 6.45) is 0. The highest BCUT2D eigenvalue weighted by molar-refractivity contribution is 9.10. The van der Waals surface area contributed by atoms with E-state index in [-0.39, 0.29) is 17.3 Å². The summed E-state index contributed by atoms with van der Waals surface area (Å²) >= 11 is 3.20. The van der Waals surface area contributed by atoms with Crippen LogP contribution in [0.25, 0.3) is 0 Å². The number of halogens is 1. The molecule has 0 unspecified atom stereocenters. The minimum Gasteiger partial charge on any atom is -0.320 e. The first-order chi connectivity index (χ1) is 9.88. The van der Waals surface area contributed by atoms with E-state index >= 15 is 0 Å². The van der Waals surface area contributed by atoms with Crippen LogP contribution in [0.5, 0.6) is 0 Å². The summed E-state index contributed by atoms with van der Waals surface area (Å²) < 4.78 is 0.562. The van der Waals surface area contributed by atoms with Crippen molar-refractivity contribution in [1.29, 1.82) is 0 Å². The van der Waals surface area contributed by atoms with Crippen LogP contribution in [0, 0.1) is 24.0 Å². The lowest BCUT2D eigenvalue weighted by atomic mass is 10.1. The number of nitro groups is 1. The molecule has 7 heteroatoms. The van der Waals surface area contributed by atoms with Crippen LogP contribution >= 0.6 is 15.9 Å². The monoisotopic (exact) mass is 349 g/mol. The van der Waals surface area contributed by atoms with Crippen molar-refractivity contribution in [3.63, 3.8) is 0 Å². The van der Waals surface area contributed by atoms with Crippen molar-refractivity contribution in [2.24, 2.45) is 0 Å². The van der Waals surface area contributed by atoms with Gasteiger partial charge in [-0.15, -0.1) is 0 Å². The molecule has 1 N–H and O–H groups in total. The molecular weight excluding hydrogens is 338 g/mol. The van der Waals surface area contributed by atoms with Gasteiger partial charge in [0.25, 0.3) is 11.6 Å². The van der Waals surface area contributed by atoms with Crippen molar-refractivity contribution in [2.45, 2.75) is 13.8 Å². The van der Waals surface area contributed by atoms with Crippen LogP contribution < -0.4 is 5.32 Å². The van der Waals surface area contributed by atoms with Gasteiger partial charge in [0.05, 0.1) is 4.92 Å². The Morgan fingerprint density at radius 3 is 2.62 bits per heavy atom. The average molecular weight is 350 g/mol. The number of hydrogen-bond donors (Lipinski definition) is 1. The molecule has 0 aliphatic rings. The predicted octanol–water partition coefficient (Wildman–Crippen LogP) is 3.62. The molecule has 6 nitrogen and oxygen atoms in total. The Balaban J connectivity index is 2.30. The van der Waals surface area contributed by atoms with E-state index in [2.05, 4.69) is 26.2 Å². The van der Waals surface area contributed by atoms with Crippen molar-refractivity contribution < 1.29 is 9.72 Å². The average Bonchev–Trinajstić information content (AvgIpc) is 2.42. The predicted molar refractivity (Wildman–Crippen MR) is 82.5 cm³/mol. The Morgan fingerprint density at radius 1 is 1.29 bits per heavy atom. The van der Waals surface area contributed by atoms with E-state index < -0.39 is 4.92 Å². The zero-order valence-corrected chi connectivity index (χ0v) is 13.0. The molecule has 1 amide bonds. The third-order valence-corrected chi connectivity index (χ3v) is 3.38. The second-order valence-corrected chi connectivity index (χ2v) is 5.32. The van der Waals surface area contributed by atoms with E-state index in [1.165, 1.54) is 6.07 Å². The Hall–Kier alpha value is -2.28. The molecule has 0 aliphatic heterocycles. The topological polar surface area (TPSA) is 85.1 Å². The van der Waals surface area contributed by atoms with Crippen molar-refractivity contribution in [3.05, 3.63) is 61.9 Å². The first kappa shape index (κ1) is 15.1. The maximum Gasteiger partial charge on any atom is 0.274 e. The molecular formula is C14H12BrN3O3. The number of carbonyl (C=O) groups excluding carboxylic acids is 1. The standard InChI is InChI=1S/C14H12BrN3O3/c1-8-7-12(18(20)21)9(2)6-11(8)17-14(19)10-4-3-5-13(15)16-10/h3-7H,1-2H3,(H,17,19). The SMILES string of the molecule is Cc1cc([N+](=O)[O-])c(C)cc1NC(=O)c1cccc(Br)n1. The Morgan fingerprint density at radius 2 is 2.00 bits per heavy atom. The number of nitrogens with zero attached hydrogens (tertiary/aromatic N) is 2. The lowest BCUT2D eigenvalue weighted by Gasteiger charge is -2.09. The summed E-state index contributed by atoms with van der Waals surface area (Å²) in [5.74, 6) is -0.368. The Bertz CT molecular complexity index is 731. The number of rotatable bonds is 3. The van der Waals surface area contributed by atoms with Gasteiger partial charge in [-0.1, -0.05) is 6.07 Å². The highest BCUT2D eigenvalue weighted by Gasteiger charge is 2.15. The summed E-state index contributed by atoms with van der Waals surface area (Å²) in [6, 6.07) is 8.05. The molecule has 1 heterocycles. The van der Waals surface area contributed by atoms with Gasteiger partial charge in [0.1, 0.15) is 10.3 Å². The van der Waals surface area contributed by atoms with E-state index in [0.717, 1.165) is 0 Å². The fourth-order valence-electron chi connectivity index (χ4n) is 1.85.